The molecule has 2 aliphatic rings. The van der Waals surface area contributed by atoms with Gasteiger partial charge < -0.3 is 14.9 Å². The molecule has 287 valence electrons. The average molecular weight is 845 g/mol. The van der Waals surface area contributed by atoms with E-state index in [2.05, 4.69) is 142 Å². The van der Waals surface area contributed by atoms with Crippen molar-refractivity contribution in [1.29, 1.82) is 0 Å². The number of aryl methyl sites for hydroxylation is 7. The summed E-state index contributed by atoms with van der Waals surface area (Å²) in [7, 11) is 6.10. The second-order valence-corrected chi connectivity index (χ2v) is 16.5. The Morgan fingerprint density at radius 1 is 0.607 bits per heavy atom. The van der Waals surface area contributed by atoms with Crippen LogP contribution >= 0.6 is 9.69 Å². The zero-order valence-electron chi connectivity index (χ0n) is 33.3. The third kappa shape index (κ3) is 9.64. The van der Waals surface area contributed by atoms with E-state index >= 15 is 0 Å². The molecule has 0 unspecified atom stereocenters. The SMILES string of the molecule is Cc1cc(C)c(N2[CH-]N(c3c(C)cc(C)cc3C)CC2)c(C)c1.Cc1ccccc1N=Cc1ccccc1O.[Cl][Ru]=[C]1C=C(c2ccccc2)c2ccccc21. The van der Waals surface area contributed by atoms with Crippen LogP contribution in [0.1, 0.15) is 61.2 Å². The maximum atomic E-state index is 9.57. The van der Waals surface area contributed by atoms with Crippen molar-refractivity contribution >= 4 is 42.6 Å². The van der Waals surface area contributed by atoms with Crippen molar-refractivity contribution in [2.45, 2.75) is 48.5 Å². The van der Waals surface area contributed by atoms with Gasteiger partial charge in [0.1, 0.15) is 5.75 Å². The summed E-state index contributed by atoms with van der Waals surface area (Å²) < 4.78 is 1.30. The van der Waals surface area contributed by atoms with Crippen LogP contribution in [0, 0.1) is 55.1 Å². The molecule has 6 aromatic carbocycles. The van der Waals surface area contributed by atoms with Gasteiger partial charge in [-0.1, -0.05) is 65.7 Å². The normalized spacial score (nSPS) is 14.1. The number of para-hydroxylation sites is 2. The van der Waals surface area contributed by atoms with Crippen LogP contribution in [-0.4, -0.2) is 28.5 Å². The molecule has 6 heteroatoms. The molecule has 1 heterocycles. The number of anilines is 2. The van der Waals surface area contributed by atoms with Crippen molar-refractivity contribution in [3.63, 3.8) is 0 Å². The third-order valence-corrected chi connectivity index (χ3v) is 11.9. The molecule has 1 saturated heterocycles. The minimum absolute atomic E-state index is 0.218. The molecule has 0 spiro atoms. The van der Waals surface area contributed by atoms with E-state index in [1.165, 1.54) is 71.1 Å². The summed E-state index contributed by atoms with van der Waals surface area (Å²) in [5.74, 6) is 0.250. The van der Waals surface area contributed by atoms with Crippen LogP contribution in [0.15, 0.2) is 138 Å². The summed E-state index contributed by atoms with van der Waals surface area (Å²) in [6.45, 7) is 19.6. The second-order valence-electron chi connectivity index (χ2n) is 14.5. The molecule has 1 aliphatic carbocycles. The first-order chi connectivity index (χ1) is 27.0. The molecule has 1 N–H and O–H groups in total. The molecule has 56 heavy (non-hydrogen) atoms. The minimum atomic E-state index is -0.218. The number of hydrogen-bond donors (Lipinski definition) is 1. The van der Waals surface area contributed by atoms with Crippen molar-refractivity contribution in [2.24, 2.45) is 4.99 Å². The zero-order valence-corrected chi connectivity index (χ0v) is 35.8. The van der Waals surface area contributed by atoms with Crippen molar-refractivity contribution in [3.05, 3.63) is 201 Å². The Bertz CT molecular complexity index is 2260. The summed E-state index contributed by atoms with van der Waals surface area (Å²) in [4.78, 5) is 9.16. The van der Waals surface area contributed by atoms with Crippen molar-refractivity contribution in [3.8, 4) is 5.75 Å². The van der Waals surface area contributed by atoms with Gasteiger partial charge in [-0.2, -0.15) is 6.67 Å². The zero-order chi connectivity index (χ0) is 39.8. The van der Waals surface area contributed by atoms with E-state index in [9.17, 15) is 5.11 Å². The number of aliphatic imine (C=N–C) groups is 1. The number of aromatic hydroxyl groups is 1. The van der Waals surface area contributed by atoms with Crippen LogP contribution < -0.4 is 9.80 Å². The molecule has 0 atom stereocenters. The predicted molar refractivity (Wildman–Crippen MR) is 237 cm³/mol. The van der Waals surface area contributed by atoms with Gasteiger partial charge in [-0.3, -0.25) is 4.99 Å². The Balaban J connectivity index is 0.000000146. The molecule has 0 amide bonds. The van der Waals surface area contributed by atoms with Gasteiger partial charge in [-0.05, 0) is 94.5 Å². The van der Waals surface area contributed by atoms with Crippen LogP contribution in [0.25, 0.3) is 5.57 Å². The fourth-order valence-electron chi connectivity index (χ4n) is 7.64. The van der Waals surface area contributed by atoms with Crippen LogP contribution in [0.5, 0.6) is 5.75 Å². The summed E-state index contributed by atoms with van der Waals surface area (Å²) in [5.41, 5.74) is 18.8. The van der Waals surface area contributed by atoms with Crippen molar-refractivity contribution in [1.82, 2.24) is 0 Å². The quantitative estimate of drug-likeness (QED) is 0.107. The number of hydrogen-bond acceptors (Lipinski definition) is 4. The van der Waals surface area contributed by atoms with Gasteiger partial charge in [0.05, 0.1) is 5.69 Å². The van der Waals surface area contributed by atoms with Gasteiger partial charge in [0.15, 0.2) is 0 Å². The van der Waals surface area contributed by atoms with Gasteiger partial charge in [0.25, 0.3) is 0 Å². The van der Waals surface area contributed by atoms with Gasteiger partial charge in [-0.15, -0.1) is 0 Å². The molecule has 8 rings (SSSR count). The number of allylic oxidation sites excluding steroid dienone is 1. The monoisotopic (exact) mass is 845 g/mol. The molecule has 1 aliphatic heterocycles. The molecule has 6 aromatic rings. The predicted octanol–water partition coefficient (Wildman–Crippen LogP) is 12.3. The topological polar surface area (TPSA) is 39.1 Å². The van der Waals surface area contributed by atoms with Crippen LogP contribution in [-0.2, 0) is 15.7 Å². The van der Waals surface area contributed by atoms with E-state index in [-0.39, 0.29) is 21.4 Å². The first kappa shape index (κ1) is 40.6. The van der Waals surface area contributed by atoms with E-state index in [0.29, 0.717) is 0 Å². The fourth-order valence-corrected chi connectivity index (χ4v) is 9.20. The molecular formula is C50H50ClN3ORu-. The number of phenols is 1. The molecule has 4 nitrogen and oxygen atoms in total. The van der Waals surface area contributed by atoms with E-state index in [1.54, 1.807) is 18.3 Å². The fraction of sp³-hybridized carbons (Fsp3) is 0.180. The van der Waals surface area contributed by atoms with E-state index < -0.39 is 0 Å². The summed E-state index contributed by atoms with van der Waals surface area (Å²) in [6, 6.07) is 43.1. The Morgan fingerprint density at radius 3 is 1.66 bits per heavy atom. The first-order valence-electron chi connectivity index (χ1n) is 18.9. The molecule has 0 bridgehead atoms. The molecule has 0 radical (unpaired) electrons. The second kappa shape index (κ2) is 18.7. The Labute approximate surface area is 345 Å². The number of benzene rings is 6. The average Bonchev–Trinajstić information content (AvgIpc) is 3.80. The Hall–Kier alpha value is -5.09. The molecule has 0 saturated carbocycles. The van der Waals surface area contributed by atoms with Gasteiger partial charge in [0.2, 0.25) is 0 Å². The Kier molecular flexibility index (Phi) is 13.5. The number of rotatable bonds is 5. The number of fused-ring (bicyclic) bond motifs is 1. The van der Waals surface area contributed by atoms with Crippen molar-refractivity contribution < 1.29 is 20.8 Å². The number of phenolic OH excluding ortho intramolecular Hbond substituents is 1. The first-order valence-corrected chi connectivity index (χ1v) is 22.0. The van der Waals surface area contributed by atoms with E-state index in [4.69, 9.17) is 9.69 Å². The maximum absolute atomic E-state index is 9.57. The number of nitrogens with zero attached hydrogens (tertiary/aromatic N) is 3. The summed E-state index contributed by atoms with van der Waals surface area (Å²) >= 11 is -0.218. The summed E-state index contributed by atoms with van der Waals surface area (Å²) in [5, 5.41) is 9.57. The van der Waals surface area contributed by atoms with Crippen LogP contribution in [0.3, 0.4) is 0 Å². The van der Waals surface area contributed by atoms with Crippen molar-refractivity contribution in [2.75, 3.05) is 22.9 Å². The summed E-state index contributed by atoms with van der Waals surface area (Å²) in [6.07, 6.45) is 3.92. The number of halogens is 1. The molecular weight excluding hydrogens is 795 g/mol. The van der Waals surface area contributed by atoms with Gasteiger partial charge >= 0.3 is 112 Å². The Morgan fingerprint density at radius 2 is 1.11 bits per heavy atom. The van der Waals surface area contributed by atoms with Gasteiger partial charge in [0, 0.05) is 36.2 Å². The van der Waals surface area contributed by atoms with E-state index in [1.807, 2.05) is 49.4 Å². The molecule has 1 fully saturated rings. The van der Waals surface area contributed by atoms with Gasteiger partial charge in [-0.25, -0.2) is 0 Å². The van der Waals surface area contributed by atoms with Crippen LogP contribution in [0.2, 0.25) is 0 Å². The molecule has 0 aromatic heterocycles. The third-order valence-electron chi connectivity index (χ3n) is 9.99. The van der Waals surface area contributed by atoms with Crippen LogP contribution in [0.4, 0.5) is 17.1 Å². The van der Waals surface area contributed by atoms with E-state index in [0.717, 1.165) is 29.9 Å². The standard InChI is InChI=1S/C21H27N2.C15H10.C14H13NO.ClH.Ru/c1-14-9-16(3)20(17(4)10-14)22-7-8-23(13-22)21-18(5)11-15(2)12-19(21)6;1-2-6-12(7-3-1)15-11-10-13-8-4-5-9-14(13)15;1-11-6-2-4-8-13(11)15-10-12-7-3-5-9-14(12)16;;/h9-13H,7-8H2,1-6H3;1-9,11H;2-10,16H,1H3;1H;/q-1;;;;+1/p-1.